The number of carboxylic acids is 1. The molecule has 0 saturated heterocycles. The van der Waals surface area contributed by atoms with Crippen molar-refractivity contribution < 1.29 is 19.5 Å². The number of H-pyrrole nitrogens is 1. The molecule has 17 heteroatoms. The van der Waals surface area contributed by atoms with E-state index >= 15 is 0 Å². The highest BCUT2D eigenvalue weighted by molar-refractivity contribution is 8.00. The highest BCUT2D eigenvalue weighted by atomic mass is 32.2. The fourth-order valence-electron chi connectivity index (χ4n) is 2.72. The number of thiazole rings is 1. The summed E-state index contributed by atoms with van der Waals surface area (Å²) in [5.41, 5.74) is 4.64. The van der Waals surface area contributed by atoms with Crippen LogP contribution in [0.3, 0.4) is 0 Å². The molecule has 1 aliphatic heterocycles. The van der Waals surface area contributed by atoms with Crippen LogP contribution in [0.1, 0.15) is 5.69 Å². The number of rotatable bonds is 9. The zero-order chi connectivity index (χ0) is 24.8. The number of nitrogen functional groups attached to an aromatic ring is 1. The Bertz CT molecular complexity index is 1270. The van der Waals surface area contributed by atoms with Crippen LogP contribution in [0.4, 0.5) is 5.13 Å². The third-order valence-corrected chi connectivity index (χ3v) is 7.26. The SMILES string of the molecule is CO/N=C(\C(=O)NC[C@@H]1NC(C(=O)O)=C(CSc2nc(=O)c(=O)[nH]n2C)CS1)c1csc(N)n1. The van der Waals surface area contributed by atoms with Gasteiger partial charge < -0.3 is 26.3 Å². The van der Waals surface area contributed by atoms with Gasteiger partial charge in [-0.3, -0.25) is 24.2 Å². The van der Waals surface area contributed by atoms with Crippen LogP contribution < -0.4 is 27.5 Å². The van der Waals surface area contributed by atoms with Gasteiger partial charge in [0.15, 0.2) is 16.0 Å². The minimum absolute atomic E-state index is 0.00187. The number of aryl methyl sites for hydroxylation is 1. The molecule has 182 valence electrons. The van der Waals surface area contributed by atoms with Crippen LogP contribution in [0.25, 0.3) is 0 Å². The number of thioether (sulfide) groups is 2. The second-order valence-corrected chi connectivity index (χ2v) is 9.64. The molecule has 1 atom stereocenters. The first kappa shape index (κ1) is 25.3. The maximum Gasteiger partial charge on any atom is 0.351 e. The summed E-state index contributed by atoms with van der Waals surface area (Å²) in [5, 5.41) is 22.9. The lowest BCUT2D eigenvalue weighted by molar-refractivity contribution is -0.133. The number of hydrogen-bond acceptors (Lipinski definition) is 13. The molecule has 0 radical (unpaired) electrons. The summed E-state index contributed by atoms with van der Waals surface area (Å²) in [5.74, 6) is -1.12. The lowest BCUT2D eigenvalue weighted by Crippen LogP contribution is -2.45. The summed E-state index contributed by atoms with van der Waals surface area (Å²) >= 11 is 3.66. The van der Waals surface area contributed by atoms with Crippen LogP contribution in [0.5, 0.6) is 0 Å². The first-order chi connectivity index (χ1) is 16.2. The Morgan fingerprint density at radius 2 is 2.21 bits per heavy atom. The third-order valence-electron chi connectivity index (χ3n) is 4.26. The van der Waals surface area contributed by atoms with E-state index in [9.17, 15) is 24.3 Å². The zero-order valence-electron chi connectivity index (χ0n) is 17.9. The Hall–Kier alpha value is -3.31. The maximum absolute atomic E-state index is 12.6. The second-order valence-electron chi connectivity index (χ2n) is 6.62. The van der Waals surface area contributed by atoms with Crippen LogP contribution in [0.15, 0.2) is 36.6 Å². The van der Waals surface area contributed by atoms with Crippen LogP contribution in [0, 0.1) is 0 Å². The lowest BCUT2D eigenvalue weighted by Gasteiger charge is -2.27. The highest BCUT2D eigenvalue weighted by Gasteiger charge is 2.27. The van der Waals surface area contributed by atoms with E-state index in [2.05, 4.69) is 30.9 Å². The number of carboxylic acid groups (broad SMARTS) is 1. The summed E-state index contributed by atoms with van der Waals surface area (Å²) in [4.78, 5) is 59.7. The molecule has 1 amide bonds. The van der Waals surface area contributed by atoms with Crippen LogP contribution >= 0.6 is 34.9 Å². The number of carbonyl (C=O) groups excluding carboxylic acids is 1. The van der Waals surface area contributed by atoms with Gasteiger partial charge in [0, 0.05) is 30.5 Å². The van der Waals surface area contributed by atoms with Gasteiger partial charge >= 0.3 is 17.1 Å². The van der Waals surface area contributed by atoms with Crippen molar-refractivity contribution in [3.8, 4) is 0 Å². The molecule has 6 N–H and O–H groups in total. The van der Waals surface area contributed by atoms with Crippen molar-refractivity contribution in [3.05, 3.63) is 43.1 Å². The number of carbonyl (C=O) groups is 2. The van der Waals surface area contributed by atoms with Gasteiger partial charge in [0.25, 0.3) is 5.91 Å². The Morgan fingerprint density at radius 3 is 2.85 bits per heavy atom. The van der Waals surface area contributed by atoms with Gasteiger partial charge in [-0.1, -0.05) is 16.9 Å². The molecule has 0 spiro atoms. The largest absolute Gasteiger partial charge is 0.477 e. The molecule has 14 nitrogen and oxygen atoms in total. The van der Waals surface area contributed by atoms with E-state index in [1.807, 2.05) is 0 Å². The first-order valence-corrected chi connectivity index (χ1v) is 12.3. The average molecular weight is 529 g/mol. The number of aromatic nitrogens is 4. The maximum atomic E-state index is 12.6. The van der Waals surface area contributed by atoms with Gasteiger partial charge in [0.1, 0.15) is 18.5 Å². The van der Waals surface area contributed by atoms with Crippen molar-refractivity contribution in [3.63, 3.8) is 0 Å². The van der Waals surface area contributed by atoms with E-state index in [-0.39, 0.29) is 39.7 Å². The minimum atomic E-state index is -1.16. The van der Waals surface area contributed by atoms with Gasteiger partial charge in [-0.25, -0.2) is 9.78 Å². The Balaban J connectivity index is 1.65. The molecular weight excluding hydrogens is 508 g/mol. The van der Waals surface area contributed by atoms with Crippen molar-refractivity contribution in [2.75, 3.05) is 30.9 Å². The number of oxime groups is 1. The number of anilines is 1. The fourth-order valence-corrected chi connectivity index (χ4v) is 5.38. The lowest BCUT2D eigenvalue weighted by atomic mass is 10.2. The first-order valence-electron chi connectivity index (χ1n) is 9.44. The number of aliphatic carboxylic acids is 1. The predicted octanol–water partition coefficient (Wildman–Crippen LogP) is -1.23. The van der Waals surface area contributed by atoms with Crippen molar-refractivity contribution in [2.45, 2.75) is 10.5 Å². The standard InChI is InChI=1S/C17H20N8O6S3/c1-25-17(22-13(27)14(28)23-25)34-5-7-4-32-9(21-10(7)15(29)30)3-19-12(26)11(24-31-2)8-6-33-16(18)20-8/h6,9,21H,3-5H2,1-2H3,(H2,18,20)(H,19,26)(H,23,28)(H,29,30)/b24-11-/t9-/m1/s1. The molecule has 0 aromatic carbocycles. The topological polar surface area (TPSA) is 207 Å². The highest BCUT2D eigenvalue weighted by Crippen LogP contribution is 2.27. The molecule has 1 aliphatic rings. The Labute approximate surface area is 204 Å². The van der Waals surface area contributed by atoms with Crippen molar-refractivity contribution in [1.29, 1.82) is 0 Å². The molecular formula is C17H20N8O6S3. The zero-order valence-corrected chi connectivity index (χ0v) is 20.3. The minimum Gasteiger partial charge on any atom is -0.477 e. The molecule has 34 heavy (non-hydrogen) atoms. The summed E-state index contributed by atoms with van der Waals surface area (Å²) in [6.45, 7) is 0.0963. The van der Waals surface area contributed by atoms with Crippen molar-refractivity contribution >= 4 is 57.6 Å². The number of nitrogens with two attached hydrogens (primary N) is 1. The summed E-state index contributed by atoms with van der Waals surface area (Å²) in [6, 6.07) is 0. The quantitative estimate of drug-likeness (QED) is 0.112. The molecule has 3 heterocycles. The number of aromatic amines is 1. The van der Waals surface area contributed by atoms with Crippen molar-refractivity contribution in [2.24, 2.45) is 12.2 Å². The average Bonchev–Trinajstić information content (AvgIpc) is 3.23. The molecule has 0 unspecified atom stereocenters. The van der Waals surface area contributed by atoms with Crippen LogP contribution in [0.2, 0.25) is 0 Å². The summed E-state index contributed by atoms with van der Waals surface area (Å²) in [6.07, 6.45) is 0. The van der Waals surface area contributed by atoms with E-state index < -0.39 is 28.4 Å². The molecule has 2 aromatic rings. The fraction of sp³-hybridized carbons (Fsp3) is 0.353. The summed E-state index contributed by atoms with van der Waals surface area (Å²) in [7, 11) is 2.82. The van der Waals surface area contributed by atoms with Crippen molar-refractivity contribution in [1.82, 2.24) is 30.4 Å². The molecule has 0 bridgehead atoms. The van der Waals surface area contributed by atoms with Gasteiger partial charge in [-0.15, -0.1) is 23.1 Å². The normalized spacial score (nSPS) is 16.2. The van der Waals surface area contributed by atoms with E-state index in [4.69, 9.17) is 10.6 Å². The third kappa shape index (κ3) is 6.17. The molecule has 0 saturated carbocycles. The number of amides is 1. The van der Waals surface area contributed by atoms with Gasteiger partial charge in [0.2, 0.25) is 0 Å². The van der Waals surface area contributed by atoms with E-state index in [0.717, 1.165) is 23.1 Å². The van der Waals surface area contributed by atoms with Crippen LogP contribution in [-0.4, -0.2) is 73.0 Å². The monoisotopic (exact) mass is 528 g/mol. The number of hydrogen-bond donors (Lipinski definition) is 5. The number of nitrogens with zero attached hydrogens (tertiary/aromatic N) is 4. The predicted molar refractivity (Wildman–Crippen MR) is 128 cm³/mol. The Kier molecular flexibility index (Phi) is 8.35. The van der Waals surface area contributed by atoms with Gasteiger partial charge in [-0.2, -0.15) is 4.98 Å². The smallest absolute Gasteiger partial charge is 0.351 e. The molecule has 0 fully saturated rings. The van der Waals surface area contributed by atoms with E-state index in [0.29, 0.717) is 11.3 Å². The van der Waals surface area contributed by atoms with Gasteiger partial charge in [-0.05, 0) is 5.57 Å². The Morgan fingerprint density at radius 1 is 1.44 bits per heavy atom. The molecule has 3 rings (SSSR count). The second kappa shape index (κ2) is 11.2. The molecule has 0 aliphatic carbocycles. The molecule has 2 aromatic heterocycles. The van der Waals surface area contributed by atoms with Gasteiger partial charge in [0.05, 0.1) is 5.37 Å². The van der Waals surface area contributed by atoms with E-state index in [1.165, 1.54) is 30.6 Å². The number of nitrogens with one attached hydrogen (secondary N) is 3. The van der Waals surface area contributed by atoms with Crippen LogP contribution in [-0.2, 0) is 21.5 Å². The van der Waals surface area contributed by atoms with E-state index in [1.54, 1.807) is 5.38 Å². The summed E-state index contributed by atoms with van der Waals surface area (Å²) < 4.78 is 1.30.